The van der Waals surface area contributed by atoms with Crippen molar-refractivity contribution in [2.45, 2.75) is 26.1 Å². The van der Waals surface area contributed by atoms with Crippen molar-refractivity contribution in [1.82, 2.24) is 0 Å². The molecule has 0 bridgehead atoms. The molecule has 46 heavy (non-hydrogen) atoms. The summed E-state index contributed by atoms with van der Waals surface area (Å²) in [5, 5.41) is 12.6. The second-order valence-electron chi connectivity index (χ2n) is 9.03. The third-order valence-corrected chi connectivity index (χ3v) is 6.97. The molecular weight excluding hydrogens is 698 g/mol. The van der Waals surface area contributed by atoms with Crippen LogP contribution in [0.3, 0.4) is 0 Å². The maximum absolute atomic E-state index is 13.4. The number of ether oxygens (including phenoxy) is 6. The van der Waals surface area contributed by atoms with E-state index in [1.165, 1.54) is 50.6 Å². The number of carbonyl (C=O) groups excluding carboxylic acids is 5. The van der Waals surface area contributed by atoms with Gasteiger partial charge in [-0.15, -0.1) is 0 Å². The highest BCUT2D eigenvalue weighted by Gasteiger charge is 2.41. The van der Waals surface area contributed by atoms with Gasteiger partial charge in [0.1, 0.15) is 0 Å². The molecule has 2 atom stereocenters. The lowest BCUT2D eigenvalue weighted by Crippen LogP contribution is -2.48. The molecule has 16 heteroatoms. The molecule has 0 aliphatic rings. The maximum atomic E-state index is 13.4. The van der Waals surface area contributed by atoms with Gasteiger partial charge in [-0.25, -0.2) is 14.4 Å². The Balaban J connectivity index is 1.98. The maximum Gasteiger partial charge on any atom is 0.349 e. The summed E-state index contributed by atoms with van der Waals surface area (Å²) in [7, 11) is 2.48. The molecule has 0 aliphatic carbocycles. The number of halogens is 2. The van der Waals surface area contributed by atoms with Crippen LogP contribution in [0.25, 0.3) is 0 Å². The van der Waals surface area contributed by atoms with Crippen molar-refractivity contribution in [3.8, 4) is 23.0 Å². The Morgan fingerprint density at radius 2 is 1.20 bits per heavy atom. The van der Waals surface area contributed by atoms with Gasteiger partial charge in [0.2, 0.25) is 12.2 Å². The van der Waals surface area contributed by atoms with Crippen molar-refractivity contribution in [2.24, 2.45) is 0 Å². The van der Waals surface area contributed by atoms with Crippen LogP contribution < -0.4 is 24.3 Å². The molecule has 2 N–H and O–H groups in total. The van der Waals surface area contributed by atoms with Crippen molar-refractivity contribution in [3.63, 3.8) is 0 Å². The van der Waals surface area contributed by atoms with E-state index in [9.17, 15) is 33.9 Å². The minimum Gasteiger partial charge on any atom is -0.493 e. The molecule has 0 heterocycles. The molecule has 0 unspecified atom stereocenters. The number of carboxylic acid groups (broad SMARTS) is 1. The Labute approximate surface area is 274 Å². The average Bonchev–Trinajstić information content (AvgIpc) is 3.00. The number of anilines is 1. The SMILES string of the molecule is COc1cc(C(=O)O[C@H](C(=O)Nc2ccc(Br)c(Cl)c2)[C@@H](OC(=O)c2ccc(OC(C)=O)c(OC)c2)C(=O)O)ccc1OC(C)=O. The number of carbonyl (C=O) groups is 6. The number of rotatable bonds is 12. The minimum atomic E-state index is -2.39. The Morgan fingerprint density at radius 3 is 1.61 bits per heavy atom. The Morgan fingerprint density at radius 1 is 0.717 bits per heavy atom. The van der Waals surface area contributed by atoms with E-state index >= 15 is 0 Å². The molecule has 0 saturated carbocycles. The van der Waals surface area contributed by atoms with Gasteiger partial charge in [0, 0.05) is 24.0 Å². The quantitative estimate of drug-likeness (QED) is 0.197. The van der Waals surface area contributed by atoms with E-state index in [-0.39, 0.29) is 44.8 Å². The van der Waals surface area contributed by atoms with Crippen LogP contribution in [-0.4, -0.2) is 67.3 Å². The third kappa shape index (κ3) is 9.18. The van der Waals surface area contributed by atoms with Gasteiger partial charge >= 0.3 is 29.8 Å². The van der Waals surface area contributed by atoms with E-state index in [1.54, 1.807) is 0 Å². The first kappa shape index (κ1) is 35.3. The largest absolute Gasteiger partial charge is 0.493 e. The first-order valence-electron chi connectivity index (χ1n) is 12.9. The smallest absolute Gasteiger partial charge is 0.349 e. The second-order valence-corrected chi connectivity index (χ2v) is 10.3. The summed E-state index contributed by atoms with van der Waals surface area (Å²) < 4.78 is 31.3. The van der Waals surface area contributed by atoms with Gasteiger partial charge in [-0.2, -0.15) is 0 Å². The zero-order valence-corrected chi connectivity index (χ0v) is 26.8. The van der Waals surface area contributed by atoms with Crippen LogP contribution in [0.4, 0.5) is 5.69 Å². The van der Waals surface area contributed by atoms with Crippen LogP contribution in [0.15, 0.2) is 59.1 Å². The van der Waals surface area contributed by atoms with Crippen molar-refractivity contribution >= 4 is 69.0 Å². The van der Waals surface area contributed by atoms with E-state index in [0.29, 0.717) is 4.47 Å². The minimum absolute atomic E-state index is 0.0274. The fraction of sp³-hybridized carbons (Fsp3) is 0.200. The zero-order valence-electron chi connectivity index (χ0n) is 24.5. The highest BCUT2D eigenvalue weighted by atomic mass is 79.9. The number of aliphatic carboxylic acids is 1. The standard InChI is InChI=1S/C30H25BrClNO13/c1-14(34)43-21-9-5-16(11-23(21)41-3)29(39)45-25(27(36)33-18-7-8-19(31)20(32)13-18)26(28(37)38)46-30(40)17-6-10-22(44-15(2)35)24(12-17)42-4/h5-13,25-26H,1-4H3,(H,33,36)(H,37,38)/t25-,26+/m0/s1. The van der Waals surface area contributed by atoms with E-state index in [4.69, 9.17) is 40.0 Å². The van der Waals surface area contributed by atoms with Crippen LogP contribution in [0.5, 0.6) is 23.0 Å². The predicted molar refractivity (Wildman–Crippen MR) is 162 cm³/mol. The number of hydrogen-bond donors (Lipinski definition) is 2. The van der Waals surface area contributed by atoms with Crippen LogP contribution in [0.2, 0.25) is 5.02 Å². The molecule has 0 radical (unpaired) electrons. The third-order valence-electron chi connectivity index (χ3n) is 5.74. The van der Waals surface area contributed by atoms with Crippen molar-refractivity contribution in [2.75, 3.05) is 19.5 Å². The summed E-state index contributed by atoms with van der Waals surface area (Å²) in [4.78, 5) is 74.9. The van der Waals surface area contributed by atoms with Gasteiger partial charge in [-0.3, -0.25) is 14.4 Å². The van der Waals surface area contributed by atoms with Gasteiger partial charge in [0.15, 0.2) is 23.0 Å². The molecule has 0 aliphatic heterocycles. The topological polar surface area (TPSA) is 190 Å². The summed E-state index contributed by atoms with van der Waals surface area (Å²) in [6.45, 7) is 2.30. The Kier molecular flexibility index (Phi) is 12.1. The molecule has 0 fully saturated rings. The van der Waals surface area contributed by atoms with Gasteiger partial charge in [-0.1, -0.05) is 11.6 Å². The van der Waals surface area contributed by atoms with Gasteiger partial charge in [0.25, 0.3) is 5.91 Å². The molecule has 3 aromatic rings. The van der Waals surface area contributed by atoms with Crippen LogP contribution in [0.1, 0.15) is 34.6 Å². The number of benzene rings is 3. The first-order chi connectivity index (χ1) is 21.7. The summed E-state index contributed by atoms with van der Waals surface area (Å²) in [6, 6.07) is 11.2. The Bertz CT molecular complexity index is 1690. The monoisotopic (exact) mass is 721 g/mol. The van der Waals surface area contributed by atoms with Crippen molar-refractivity contribution in [1.29, 1.82) is 0 Å². The molecule has 0 spiro atoms. The predicted octanol–water partition coefficient (Wildman–Crippen LogP) is 4.44. The fourth-order valence-electron chi connectivity index (χ4n) is 3.72. The molecule has 3 rings (SSSR count). The lowest BCUT2D eigenvalue weighted by atomic mass is 10.1. The number of amides is 1. The zero-order chi connectivity index (χ0) is 34.1. The van der Waals surface area contributed by atoms with Crippen LogP contribution in [0, 0.1) is 0 Å². The van der Waals surface area contributed by atoms with E-state index in [0.717, 1.165) is 32.0 Å². The van der Waals surface area contributed by atoms with Gasteiger partial charge < -0.3 is 38.8 Å². The highest BCUT2D eigenvalue weighted by molar-refractivity contribution is 9.10. The molecule has 0 aromatic heterocycles. The van der Waals surface area contributed by atoms with Crippen molar-refractivity contribution < 1.29 is 62.3 Å². The summed E-state index contributed by atoms with van der Waals surface area (Å²) in [5.74, 6) is -7.03. The second kappa shape index (κ2) is 15.7. The molecule has 3 aromatic carbocycles. The summed E-state index contributed by atoms with van der Waals surface area (Å²) in [5.41, 5.74) is -0.401. The molecule has 1 amide bonds. The average molecular weight is 723 g/mol. The van der Waals surface area contributed by atoms with Gasteiger partial charge in [0.05, 0.1) is 30.4 Å². The summed E-state index contributed by atoms with van der Waals surface area (Å²) >= 11 is 9.31. The Hall–Kier alpha value is -5.15. The number of hydrogen-bond acceptors (Lipinski definition) is 12. The fourth-order valence-corrected chi connectivity index (χ4v) is 4.14. The lowest BCUT2D eigenvalue weighted by molar-refractivity contribution is -0.157. The molecule has 0 saturated heterocycles. The number of nitrogens with one attached hydrogen (secondary N) is 1. The van der Waals surface area contributed by atoms with E-state index < -0.39 is 48.0 Å². The highest BCUT2D eigenvalue weighted by Crippen LogP contribution is 2.31. The van der Waals surface area contributed by atoms with E-state index in [1.807, 2.05) is 0 Å². The van der Waals surface area contributed by atoms with Crippen LogP contribution in [-0.2, 0) is 28.7 Å². The normalized spacial score (nSPS) is 11.7. The van der Waals surface area contributed by atoms with E-state index in [2.05, 4.69) is 21.2 Å². The number of esters is 4. The molecule has 14 nitrogen and oxygen atoms in total. The van der Waals surface area contributed by atoms with Gasteiger partial charge in [-0.05, 0) is 70.5 Å². The summed E-state index contributed by atoms with van der Waals surface area (Å²) in [6.07, 6.45) is -4.65. The molecule has 242 valence electrons. The number of methoxy groups -OCH3 is 2. The van der Waals surface area contributed by atoms with Crippen LogP contribution >= 0.6 is 27.5 Å². The van der Waals surface area contributed by atoms with Crippen molar-refractivity contribution in [3.05, 3.63) is 75.2 Å². The number of carboxylic acids is 1. The lowest BCUT2D eigenvalue weighted by Gasteiger charge is -2.24. The first-order valence-corrected chi connectivity index (χ1v) is 14.0. The molecular formula is C30H25BrClNO13.